The molecule has 0 fully saturated rings. The van der Waals surface area contributed by atoms with Gasteiger partial charge in [0.1, 0.15) is 16.3 Å². The maximum Gasteiger partial charge on any atom is 0.573 e. The Kier molecular flexibility index (Phi) is 8.77. The van der Waals surface area contributed by atoms with Crippen LogP contribution in [-0.4, -0.2) is 53.1 Å². The lowest BCUT2D eigenvalue weighted by Crippen LogP contribution is -2.28. The van der Waals surface area contributed by atoms with Gasteiger partial charge in [-0.2, -0.15) is 8.42 Å². The summed E-state index contributed by atoms with van der Waals surface area (Å²) in [6.45, 7) is 3.10. The molecule has 35 heavy (non-hydrogen) atoms. The molecule has 0 unspecified atom stereocenters. The van der Waals surface area contributed by atoms with Crippen LogP contribution in [0.5, 0.6) is 5.75 Å². The number of nitrogens with zero attached hydrogens (tertiary/aromatic N) is 4. The zero-order chi connectivity index (χ0) is 25.8. The van der Waals surface area contributed by atoms with Gasteiger partial charge < -0.3 is 14.6 Å². The van der Waals surface area contributed by atoms with Crippen molar-refractivity contribution in [1.29, 1.82) is 0 Å². The number of rotatable bonds is 10. The van der Waals surface area contributed by atoms with E-state index in [4.69, 9.17) is 0 Å². The van der Waals surface area contributed by atoms with Gasteiger partial charge in [-0.05, 0) is 36.2 Å². The highest BCUT2D eigenvalue weighted by molar-refractivity contribution is 9.09. The van der Waals surface area contributed by atoms with E-state index in [1.54, 1.807) is 0 Å². The smallest absolute Gasteiger partial charge is 0.406 e. The molecule has 0 amide bonds. The van der Waals surface area contributed by atoms with E-state index >= 15 is 0 Å². The van der Waals surface area contributed by atoms with E-state index in [1.807, 2.05) is 11.8 Å². The van der Waals surface area contributed by atoms with Gasteiger partial charge in [-0.3, -0.25) is 4.55 Å². The summed E-state index contributed by atoms with van der Waals surface area (Å²) in [5.74, 6) is -0.515. The second-order valence-electron chi connectivity index (χ2n) is 7.13. The maximum absolute atomic E-state index is 12.5. The first-order chi connectivity index (χ1) is 16.4. The summed E-state index contributed by atoms with van der Waals surface area (Å²) < 4.78 is 75.4. The van der Waals surface area contributed by atoms with E-state index in [2.05, 4.69) is 56.8 Å². The fourth-order valence-corrected chi connectivity index (χ4v) is 4.82. The highest BCUT2D eigenvalue weighted by atomic mass is 79.9. The lowest BCUT2D eigenvalue weighted by Gasteiger charge is -2.26. The minimum absolute atomic E-state index is 0.0761. The van der Waals surface area contributed by atoms with Gasteiger partial charge in [-0.1, -0.05) is 38.8 Å². The van der Waals surface area contributed by atoms with E-state index in [0.717, 1.165) is 17.7 Å². The molecule has 2 aromatic carbocycles. The summed E-state index contributed by atoms with van der Waals surface area (Å²) in [5.41, 5.74) is 1.83. The number of imidazole rings is 1. The minimum Gasteiger partial charge on any atom is -0.406 e. The number of aryl methyl sites for hydroxylation is 1. The number of aromatic nitrogens is 2. The van der Waals surface area contributed by atoms with E-state index in [-0.39, 0.29) is 17.2 Å². The van der Waals surface area contributed by atoms with Crippen molar-refractivity contribution < 1.29 is 30.9 Å². The Morgan fingerprint density at radius 2 is 1.83 bits per heavy atom. The van der Waals surface area contributed by atoms with Gasteiger partial charge in [0.15, 0.2) is 0 Å². The SMILES string of the molecule is CCc1cc(N=Nc2nc3ccc(OC(F)(F)F)cc3[nH]2)c(S(=O)(=O)O)cc1N(CCBr)CCBr. The van der Waals surface area contributed by atoms with Crippen LogP contribution in [0.1, 0.15) is 12.5 Å². The summed E-state index contributed by atoms with van der Waals surface area (Å²) in [6.07, 6.45) is -4.29. The fraction of sp³-hybridized carbons (Fsp3) is 0.350. The van der Waals surface area contributed by atoms with E-state index in [1.165, 1.54) is 18.2 Å². The molecular formula is C20H20Br2F3N5O4S. The number of hydrogen-bond donors (Lipinski definition) is 2. The zero-order valence-electron chi connectivity index (χ0n) is 18.2. The monoisotopic (exact) mass is 641 g/mol. The number of halogens is 5. The summed E-state index contributed by atoms with van der Waals surface area (Å²) in [6, 6.07) is 6.39. The molecule has 0 saturated heterocycles. The van der Waals surface area contributed by atoms with Crippen LogP contribution in [0.2, 0.25) is 0 Å². The number of alkyl halides is 5. The second-order valence-corrected chi connectivity index (χ2v) is 10.1. The molecule has 0 aliphatic rings. The topological polar surface area (TPSA) is 120 Å². The Labute approximate surface area is 215 Å². The van der Waals surface area contributed by atoms with Crippen molar-refractivity contribution in [3.63, 3.8) is 0 Å². The van der Waals surface area contributed by atoms with Crippen molar-refractivity contribution in [2.45, 2.75) is 24.6 Å². The van der Waals surface area contributed by atoms with E-state index in [9.17, 15) is 26.1 Å². The molecule has 190 valence electrons. The molecular weight excluding hydrogens is 623 g/mol. The molecule has 0 atom stereocenters. The van der Waals surface area contributed by atoms with Crippen molar-refractivity contribution in [2.24, 2.45) is 10.2 Å². The number of benzene rings is 2. The Morgan fingerprint density at radius 1 is 1.14 bits per heavy atom. The number of nitrogens with one attached hydrogen (secondary N) is 1. The quantitative estimate of drug-likeness (QED) is 0.153. The molecule has 0 spiro atoms. The minimum atomic E-state index is -4.84. The van der Waals surface area contributed by atoms with Crippen molar-refractivity contribution in [3.05, 3.63) is 35.9 Å². The van der Waals surface area contributed by atoms with Gasteiger partial charge >= 0.3 is 6.36 Å². The molecule has 0 saturated carbocycles. The van der Waals surface area contributed by atoms with Crippen LogP contribution in [0.25, 0.3) is 11.0 Å². The highest BCUT2D eigenvalue weighted by Gasteiger charge is 2.31. The number of ether oxygens (including phenoxy) is 1. The van der Waals surface area contributed by atoms with Crippen LogP contribution in [0.15, 0.2) is 45.5 Å². The summed E-state index contributed by atoms with van der Waals surface area (Å²) in [7, 11) is -4.65. The average molecular weight is 643 g/mol. The van der Waals surface area contributed by atoms with Gasteiger partial charge in [0.2, 0.25) is 5.95 Å². The first kappa shape index (κ1) is 27.4. The number of H-pyrrole nitrogens is 1. The maximum atomic E-state index is 12.5. The summed E-state index contributed by atoms with van der Waals surface area (Å²) in [4.78, 5) is 8.34. The molecule has 0 radical (unpaired) electrons. The molecule has 1 aromatic heterocycles. The lowest BCUT2D eigenvalue weighted by molar-refractivity contribution is -0.274. The van der Waals surface area contributed by atoms with Crippen LogP contribution < -0.4 is 9.64 Å². The molecule has 9 nitrogen and oxygen atoms in total. The number of fused-ring (bicyclic) bond motifs is 1. The normalized spacial score (nSPS) is 12.5. The Bertz CT molecular complexity index is 1330. The third kappa shape index (κ3) is 7.15. The van der Waals surface area contributed by atoms with Gasteiger partial charge in [-0.15, -0.1) is 23.4 Å². The third-order valence-corrected chi connectivity index (χ3v) is 6.39. The first-order valence-corrected chi connectivity index (χ1v) is 13.8. The van der Waals surface area contributed by atoms with Crippen LogP contribution in [-0.2, 0) is 16.5 Å². The standard InChI is InChI=1S/C20H20Br2F3N5O4S/c1-2-12-9-16(18(35(31,32)33)11-17(12)30(7-5-21)8-6-22)28-29-19-26-14-4-3-13(10-15(14)27-19)34-20(23,24)25/h3-4,9-11H,2,5-8H2,1H3,(H,26,27)(H,31,32,33). The fourth-order valence-electron chi connectivity index (χ4n) is 3.34. The van der Waals surface area contributed by atoms with Crippen LogP contribution in [0, 0.1) is 0 Å². The Balaban J connectivity index is 2.02. The molecule has 1 heterocycles. The Morgan fingerprint density at radius 3 is 2.40 bits per heavy atom. The number of aromatic amines is 1. The van der Waals surface area contributed by atoms with Gasteiger partial charge in [-0.25, -0.2) is 4.98 Å². The molecule has 2 N–H and O–H groups in total. The first-order valence-electron chi connectivity index (χ1n) is 10.1. The number of azo groups is 1. The molecule has 15 heteroatoms. The van der Waals surface area contributed by atoms with Crippen molar-refractivity contribution in [3.8, 4) is 5.75 Å². The second kappa shape index (κ2) is 11.2. The molecule has 0 aliphatic heterocycles. The largest absolute Gasteiger partial charge is 0.573 e. The third-order valence-electron chi connectivity index (χ3n) is 4.80. The van der Waals surface area contributed by atoms with Crippen molar-refractivity contribution >= 4 is 70.3 Å². The predicted molar refractivity (Wildman–Crippen MR) is 132 cm³/mol. The average Bonchev–Trinajstić information content (AvgIpc) is 3.17. The van der Waals surface area contributed by atoms with E-state index < -0.39 is 27.1 Å². The lowest BCUT2D eigenvalue weighted by atomic mass is 10.1. The van der Waals surface area contributed by atoms with Crippen LogP contribution in [0.4, 0.5) is 30.5 Å². The van der Waals surface area contributed by atoms with Crippen LogP contribution in [0.3, 0.4) is 0 Å². The molecule has 3 aromatic rings. The number of hydrogen-bond acceptors (Lipinski definition) is 7. The highest BCUT2D eigenvalue weighted by Crippen LogP contribution is 2.35. The van der Waals surface area contributed by atoms with Gasteiger partial charge in [0, 0.05) is 35.5 Å². The van der Waals surface area contributed by atoms with Gasteiger partial charge in [0.05, 0.1) is 11.0 Å². The molecule has 0 bridgehead atoms. The molecule has 3 rings (SSSR count). The summed E-state index contributed by atoms with van der Waals surface area (Å²) in [5, 5.41) is 9.16. The molecule has 0 aliphatic carbocycles. The zero-order valence-corrected chi connectivity index (χ0v) is 22.2. The van der Waals surface area contributed by atoms with Crippen LogP contribution >= 0.6 is 31.9 Å². The van der Waals surface area contributed by atoms with Crippen molar-refractivity contribution in [1.82, 2.24) is 9.97 Å². The van der Waals surface area contributed by atoms with E-state index in [0.29, 0.717) is 41.4 Å². The number of anilines is 1. The van der Waals surface area contributed by atoms with Crippen molar-refractivity contribution in [2.75, 3.05) is 28.6 Å². The van der Waals surface area contributed by atoms with Gasteiger partial charge in [0.25, 0.3) is 10.1 Å². The predicted octanol–water partition coefficient (Wildman–Crippen LogP) is 6.28. The Hall–Kier alpha value is -2.23. The summed E-state index contributed by atoms with van der Waals surface area (Å²) >= 11 is 6.78.